The van der Waals surface area contributed by atoms with E-state index in [2.05, 4.69) is 21.3 Å². The van der Waals surface area contributed by atoms with E-state index in [1.807, 2.05) is 6.92 Å². The molecule has 252 valence electrons. The number of carbonyl (C=O) groups excluding carboxylic acids is 5. The van der Waals surface area contributed by atoms with Crippen LogP contribution >= 0.6 is 0 Å². The molecule has 0 unspecified atom stereocenters. The maximum atomic E-state index is 14.3. The summed E-state index contributed by atoms with van der Waals surface area (Å²) in [6, 6.07) is -2.26. The summed E-state index contributed by atoms with van der Waals surface area (Å²) in [7, 11) is -3.53. The van der Waals surface area contributed by atoms with E-state index >= 15 is 0 Å². The lowest BCUT2D eigenvalue weighted by Crippen LogP contribution is -2.64. The van der Waals surface area contributed by atoms with Gasteiger partial charge in [0.25, 0.3) is 5.91 Å². The second kappa shape index (κ2) is 13.9. The van der Waals surface area contributed by atoms with E-state index < -0.39 is 63.2 Å². The Hall–Kier alpha value is -2.74. The highest BCUT2D eigenvalue weighted by molar-refractivity contribution is 7.89. The highest BCUT2D eigenvalue weighted by Gasteiger charge is 2.47. The largest absolute Gasteiger partial charge is 0.347 e. The van der Waals surface area contributed by atoms with Crippen LogP contribution in [0.4, 0.5) is 4.79 Å². The first-order valence-corrected chi connectivity index (χ1v) is 18.5. The summed E-state index contributed by atoms with van der Waals surface area (Å²) < 4.78 is 27.8. The second-order valence-corrected chi connectivity index (χ2v) is 16.1. The summed E-state index contributed by atoms with van der Waals surface area (Å²) in [6.45, 7) is 2.90. The number of likely N-dealkylation sites (tertiary alicyclic amines) is 1. The van der Waals surface area contributed by atoms with E-state index in [-0.39, 0.29) is 17.7 Å². The molecule has 3 saturated carbocycles. The molecular weight excluding hydrogens is 600 g/mol. The quantitative estimate of drug-likeness (QED) is 0.231. The predicted octanol–water partition coefficient (Wildman–Crippen LogP) is 1.32. The SMILES string of the molecule is CC1([C@H](NC(=O)NC2(CS(=O)(=O)N3CCC3)CCCCC2)C(=O)N2CCC[C@H]2C(=O)NCC(=O)C(=O)NC2CC2)CCCCC1. The molecule has 0 spiro atoms. The van der Waals surface area contributed by atoms with Crippen molar-refractivity contribution in [3.05, 3.63) is 0 Å². The number of rotatable bonds is 12. The monoisotopic (exact) mass is 650 g/mol. The first kappa shape index (κ1) is 33.6. The Morgan fingerprint density at radius 2 is 1.47 bits per heavy atom. The zero-order chi connectivity index (χ0) is 32.2. The van der Waals surface area contributed by atoms with E-state index in [1.165, 1.54) is 9.21 Å². The van der Waals surface area contributed by atoms with Gasteiger partial charge in [0.1, 0.15) is 12.1 Å². The lowest BCUT2D eigenvalue weighted by molar-refractivity contribution is -0.143. The Morgan fingerprint density at radius 3 is 2.07 bits per heavy atom. The summed E-state index contributed by atoms with van der Waals surface area (Å²) in [5, 5.41) is 11.2. The number of Topliss-reactive ketones (excluding diaryl/α,β-unsaturated/α-hetero) is 1. The second-order valence-electron chi connectivity index (χ2n) is 14.2. The molecule has 0 aromatic heterocycles. The molecule has 5 aliphatic rings. The van der Waals surface area contributed by atoms with E-state index in [4.69, 9.17) is 0 Å². The van der Waals surface area contributed by atoms with Crippen molar-refractivity contribution in [3.63, 3.8) is 0 Å². The molecule has 3 aliphatic carbocycles. The smallest absolute Gasteiger partial charge is 0.315 e. The molecule has 2 heterocycles. The third-order valence-electron chi connectivity index (χ3n) is 10.5. The van der Waals surface area contributed by atoms with E-state index in [9.17, 15) is 32.4 Å². The lowest BCUT2D eigenvalue weighted by Gasteiger charge is -2.44. The van der Waals surface area contributed by atoms with Gasteiger partial charge >= 0.3 is 6.03 Å². The minimum Gasteiger partial charge on any atom is -0.347 e. The molecule has 2 saturated heterocycles. The maximum Gasteiger partial charge on any atom is 0.315 e. The Kier molecular flexibility index (Phi) is 10.4. The molecule has 13 nitrogen and oxygen atoms in total. The normalized spacial score (nSPS) is 25.4. The predicted molar refractivity (Wildman–Crippen MR) is 166 cm³/mol. The zero-order valence-electron chi connectivity index (χ0n) is 26.5. The van der Waals surface area contributed by atoms with Crippen molar-refractivity contribution in [2.24, 2.45) is 5.41 Å². The molecule has 5 fully saturated rings. The number of carbonyl (C=O) groups is 5. The van der Waals surface area contributed by atoms with Crippen LogP contribution in [0.15, 0.2) is 0 Å². The number of urea groups is 1. The van der Waals surface area contributed by atoms with Gasteiger partial charge in [-0.05, 0) is 63.2 Å². The van der Waals surface area contributed by atoms with Gasteiger partial charge in [0.05, 0.1) is 17.8 Å². The lowest BCUT2D eigenvalue weighted by atomic mass is 9.70. The number of ketones is 1. The zero-order valence-corrected chi connectivity index (χ0v) is 27.4. The highest BCUT2D eigenvalue weighted by atomic mass is 32.2. The first-order valence-electron chi connectivity index (χ1n) is 16.9. The van der Waals surface area contributed by atoms with Crippen LogP contribution < -0.4 is 21.3 Å². The van der Waals surface area contributed by atoms with Crippen LogP contribution in [0.25, 0.3) is 0 Å². The van der Waals surface area contributed by atoms with E-state index in [0.29, 0.717) is 45.3 Å². The average molecular weight is 651 g/mol. The third-order valence-corrected chi connectivity index (χ3v) is 12.6. The van der Waals surface area contributed by atoms with Gasteiger partial charge in [-0.15, -0.1) is 0 Å². The molecule has 5 rings (SSSR count). The molecule has 0 aromatic carbocycles. The summed E-state index contributed by atoms with van der Waals surface area (Å²) in [5.74, 6) is -2.45. The fraction of sp³-hybridized carbons (Fsp3) is 0.839. The molecule has 4 N–H and O–H groups in total. The number of hydrogen-bond donors (Lipinski definition) is 4. The van der Waals surface area contributed by atoms with Gasteiger partial charge in [-0.3, -0.25) is 19.2 Å². The van der Waals surface area contributed by atoms with Crippen LogP contribution in [-0.2, 0) is 29.2 Å². The van der Waals surface area contributed by atoms with Crippen LogP contribution in [0.5, 0.6) is 0 Å². The highest BCUT2D eigenvalue weighted by Crippen LogP contribution is 2.40. The fourth-order valence-corrected chi connectivity index (χ4v) is 9.51. The number of hydrogen-bond acceptors (Lipinski definition) is 7. The van der Waals surface area contributed by atoms with Crippen molar-refractivity contribution >= 4 is 39.6 Å². The average Bonchev–Trinajstić information content (AvgIpc) is 3.63. The number of sulfonamides is 1. The summed E-state index contributed by atoms with van der Waals surface area (Å²) in [5.41, 5.74) is -1.46. The van der Waals surface area contributed by atoms with Crippen molar-refractivity contribution in [2.45, 2.75) is 127 Å². The summed E-state index contributed by atoms with van der Waals surface area (Å²) in [4.78, 5) is 67.0. The summed E-state index contributed by atoms with van der Waals surface area (Å²) >= 11 is 0. The Labute approximate surface area is 266 Å². The molecule has 2 aliphatic heterocycles. The van der Waals surface area contributed by atoms with Gasteiger partial charge in [-0.1, -0.05) is 45.4 Å². The third kappa shape index (κ3) is 8.16. The molecule has 0 bridgehead atoms. The molecule has 0 aromatic rings. The topological polar surface area (TPSA) is 174 Å². The summed E-state index contributed by atoms with van der Waals surface area (Å²) in [6.07, 6.45) is 11.5. The van der Waals surface area contributed by atoms with Gasteiger partial charge in [-0.25, -0.2) is 17.5 Å². The van der Waals surface area contributed by atoms with Crippen LogP contribution in [0.2, 0.25) is 0 Å². The molecule has 45 heavy (non-hydrogen) atoms. The van der Waals surface area contributed by atoms with Crippen molar-refractivity contribution < 1.29 is 32.4 Å². The van der Waals surface area contributed by atoms with Crippen molar-refractivity contribution in [1.82, 2.24) is 30.5 Å². The van der Waals surface area contributed by atoms with Gasteiger partial charge in [-0.2, -0.15) is 0 Å². The van der Waals surface area contributed by atoms with Gasteiger partial charge in [0.2, 0.25) is 27.6 Å². The van der Waals surface area contributed by atoms with E-state index in [0.717, 1.165) is 70.6 Å². The first-order chi connectivity index (χ1) is 21.4. The minimum atomic E-state index is -3.53. The van der Waals surface area contributed by atoms with Crippen LogP contribution in [0, 0.1) is 5.41 Å². The Bertz CT molecular complexity index is 1250. The molecule has 0 radical (unpaired) electrons. The van der Waals surface area contributed by atoms with Crippen molar-refractivity contribution in [3.8, 4) is 0 Å². The van der Waals surface area contributed by atoms with Crippen LogP contribution in [-0.4, -0.2) is 103 Å². The van der Waals surface area contributed by atoms with Gasteiger partial charge < -0.3 is 26.2 Å². The minimum absolute atomic E-state index is 0.0285. The molecule has 5 amide bonds. The maximum absolute atomic E-state index is 14.3. The molecular formula is C31H50N6O7S. The number of nitrogens with zero attached hydrogens (tertiary/aromatic N) is 2. The fourth-order valence-electron chi connectivity index (χ4n) is 7.46. The number of nitrogens with one attached hydrogen (secondary N) is 4. The molecule has 2 atom stereocenters. The number of amides is 5. The van der Waals surface area contributed by atoms with Gasteiger partial charge in [0.15, 0.2) is 0 Å². The Balaban J connectivity index is 1.28. The van der Waals surface area contributed by atoms with E-state index in [1.54, 1.807) is 0 Å². The van der Waals surface area contributed by atoms with Crippen LogP contribution in [0.3, 0.4) is 0 Å². The van der Waals surface area contributed by atoms with Crippen LogP contribution in [0.1, 0.15) is 103 Å². The molecule has 14 heteroatoms. The standard InChI is InChI=1S/C31H50N6O7S/c1-30(13-4-2-5-14-30)25(34-29(42)35-31(15-6-3-7-16-31)21-45(43,44)36-17-9-18-36)28(41)37-19-8-10-23(37)26(39)32-20-24(38)27(40)33-22-11-12-22/h22-23,25H,2-21H2,1H3,(H,32,39)(H,33,40)(H2,34,35,42)/t23-,25+/m0/s1. The van der Waals surface area contributed by atoms with Crippen molar-refractivity contribution in [2.75, 3.05) is 31.9 Å². The Morgan fingerprint density at radius 1 is 0.822 bits per heavy atom. The van der Waals surface area contributed by atoms with Crippen molar-refractivity contribution in [1.29, 1.82) is 0 Å². The van der Waals surface area contributed by atoms with Gasteiger partial charge in [0, 0.05) is 25.7 Å².